The summed E-state index contributed by atoms with van der Waals surface area (Å²) in [5.74, 6) is 1.73. The van der Waals surface area contributed by atoms with E-state index in [1.807, 2.05) is 18.7 Å². The molecule has 1 aliphatic rings. The number of hydrogen-bond donors (Lipinski definition) is 2. The number of aromatic nitrogens is 2. The van der Waals surface area contributed by atoms with Crippen molar-refractivity contribution in [3.63, 3.8) is 0 Å². The number of anilines is 2. The minimum atomic E-state index is 0.457. The van der Waals surface area contributed by atoms with Crippen molar-refractivity contribution in [1.82, 2.24) is 9.78 Å². The summed E-state index contributed by atoms with van der Waals surface area (Å²) in [6, 6.07) is 0. The third-order valence-electron chi connectivity index (χ3n) is 4.40. The van der Waals surface area contributed by atoms with Crippen molar-refractivity contribution >= 4 is 11.5 Å². The Balaban J connectivity index is 2.07. The first-order valence-corrected chi connectivity index (χ1v) is 7.46. The zero-order valence-corrected chi connectivity index (χ0v) is 12.8. The maximum Gasteiger partial charge on any atom is 0.147 e. The van der Waals surface area contributed by atoms with Crippen LogP contribution < -0.4 is 11.1 Å². The SMILES string of the molecule is Cc1nn(C)c(NCC2(CC(C)C)CCCC2)c1N. The highest BCUT2D eigenvalue weighted by molar-refractivity contribution is 5.64. The summed E-state index contributed by atoms with van der Waals surface area (Å²) in [6.45, 7) is 7.62. The van der Waals surface area contributed by atoms with Crippen LogP contribution in [0.3, 0.4) is 0 Å². The molecule has 0 aromatic carbocycles. The topological polar surface area (TPSA) is 55.9 Å². The molecule has 4 heteroatoms. The minimum Gasteiger partial charge on any atom is -0.394 e. The third kappa shape index (κ3) is 3.04. The van der Waals surface area contributed by atoms with Gasteiger partial charge in [0.1, 0.15) is 5.82 Å². The van der Waals surface area contributed by atoms with Crippen molar-refractivity contribution in [2.45, 2.75) is 52.9 Å². The van der Waals surface area contributed by atoms with Gasteiger partial charge >= 0.3 is 0 Å². The lowest BCUT2D eigenvalue weighted by atomic mass is 9.78. The van der Waals surface area contributed by atoms with Gasteiger partial charge in [0.15, 0.2) is 0 Å². The molecular formula is C15H28N4. The number of nitrogens with two attached hydrogens (primary N) is 1. The molecule has 0 unspecified atom stereocenters. The van der Waals surface area contributed by atoms with Gasteiger partial charge in [0.25, 0.3) is 0 Å². The molecule has 4 nitrogen and oxygen atoms in total. The van der Waals surface area contributed by atoms with Crippen molar-refractivity contribution in [2.75, 3.05) is 17.6 Å². The van der Waals surface area contributed by atoms with Crippen LogP contribution in [0.2, 0.25) is 0 Å². The molecule has 0 amide bonds. The van der Waals surface area contributed by atoms with Crippen molar-refractivity contribution in [2.24, 2.45) is 18.4 Å². The molecule has 0 atom stereocenters. The van der Waals surface area contributed by atoms with Crippen LogP contribution in [0.4, 0.5) is 11.5 Å². The van der Waals surface area contributed by atoms with Crippen molar-refractivity contribution in [3.05, 3.63) is 5.69 Å². The smallest absolute Gasteiger partial charge is 0.147 e. The average molecular weight is 264 g/mol. The number of nitrogens with zero attached hydrogens (tertiary/aromatic N) is 2. The molecule has 1 aliphatic carbocycles. The van der Waals surface area contributed by atoms with E-state index in [2.05, 4.69) is 24.3 Å². The Kier molecular flexibility index (Phi) is 4.07. The molecule has 1 saturated carbocycles. The second kappa shape index (κ2) is 5.43. The molecule has 0 spiro atoms. The molecule has 0 radical (unpaired) electrons. The summed E-state index contributed by atoms with van der Waals surface area (Å²) < 4.78 is 1.86. The maximum absolute atomic E-state index is 6.09. The first-order valence-electron chi connectivity index (χ1n) is 7.46. The molecule has 108 valence electrons. The highest BCUT2D eigenvalue weighted by Gasteiger charge is 2.34. The monoisotopic (exact) mass is 264 g/mol. The first-order chi connectivity index (χ1) is 8.93. The molecule has 0 aliphatic heterocycles. The predicted octanol–water partition coefficient (Wildman–Crippen LogP) is 3.33. The number of nitrogen functional groups attached to an aromatic ring is 1. The van der Waals surface area contributed by atoms with E-state index < -0.39 is 0 Å². The maximum atomic E-state index is 6.09. The molecule has 3 N–H and O–H groups in total. The number of rotatable bonds is 5. The van der Waals surface area contributed by atoms with Gasteiger partial charge in [0, 0.05) is 13.6 Å². The van der Waals surface area contributed by atoms with Crippen LogP contribution >= 0.6 is 0 Å². The third-order valence-corrected chi connectivity index (χ3v) is 4.40. The van der Waals surface area contributed by atoms with Crippen LogP contribution in [0, 0.1) is 18.3 Å². The van der Waals surface area contributed by atoms with Crippen molar-refractivity contribution in [1.29, 1.82) is 0 Å². The highest BCUT2D eigenvalue weighted by atomic mass is 15.3. The molecule has 19 heavy (non-hydrogen) atoms. The van der Waals surface area contributed by atoms with E-state index in [-0.39, 0.29) is 0 Å². The van der Waals surface area contributed by atoms with Gasteiger partial charge in [-0.15, -0.1) is 0 Å². The van der Waals surface area contributed by atoms with Crippen LogP contribution in [0.15, 0.2) is 0 Å². The lowest BCUT2D eigenvalue weighted by Crippen LogP contribution is -2.29. The molecule has 1 fully saturated rings. The summed E-state index contributed by atoms with van der Waals surface area (Å²) in [5, 5.41) is 7.93. The Morgan fingerprint density at radius 1 is 1.37 bits per heavy atom. The normalized spacial score (nSPS) is 18.2. The average Bonchev–Trinajstić information content (AvgIpc) is 2.84. The minimum absolute atomic E-state index is 0.457. The molecule has 1 aromatic heterocycles. The lowest BCUT2D eigenvalue weighted by Gasteiger charge is -2.31. The van der Waals surface area contributed by atoms with E-state index in [1.54, 1.807) is 0 Å². The fourth-order valence-electron chi connectivity index (χ4n) is 3.60. The summed E-state index contributed by atoms with van der Waals surface area (Å²) in [5.41, 5.74) is 8.25. The zero-order chi connectivity index (χ0) is 14.0. The molecule has 1 heterocycles. The summed E-state index contributed by atoms with van der Waals surface area (Å²) in [7, 11) is 1.95. The number of nitrogens with one attached hydrogen (secondary N) is 1. The van der Waals surface area contributed by atoms with Crippen LogP contribution in [0.25, 0.3) is 0 Å². The van der Waals surface area contributed by atoms with Crippen molar-refractivity contribution in [3.8, 4) is 0 Å². The Labute approximate surface area is 116 Å². The quantitative estimate of drug-likeness (QED) is 0.857. The van der Waals surface area contributed by atoms with E-state index in [1.165, 1.54) is 32.1 Å². The number of hydrogen-bond acceptors (Lipinski definition) is 3. The van der Waals surface area contributed by atoms with Crippen LogP contribution in [-0.4, -0.2) is 16.3 Å². The predicted molar refractivity (Wildman–Crippen MR) is 81.2 cm³/mol. The van der Waals surface area contributed by atoms with E-state index in [0.717, 1.165) is 29.7 Å². The Bertz CT molecular complexity index is 428. The molecule has 2 rings (SSSR count). The fraction of sp³-hybridized carbons (Fsp3) is 0.800. The molecule has 0 saturated heterocycles. The van der Waals surface area contributed by atoms with E-state index in [4.69, 9.17) is 5.73 Å². The van der Waals surface area contributed by atoms with Gasteiger partial charge in [0.2, 0.25) is 0 Å². The van der Waals surface area contributed by atoms with Gasteiger partial charge in [0.05, 0.1) is 11.4 Å². The fourth-order valence-corrected chi connectivity index (χ4v) is 3.60. The van der Waals surface area contributed by atoms with Crippen LogP contribution in [0.1, 0.15) is 51.6 Å². The van der Waals surface area contributed by atoms with Gasteiger partial charge in [-0.2, -0.15) is 5.10 Å². The number of aryl methyl sites for hydroxylation is 2. The molecule has 0 bridgehead atoms. The zero-order valence-electron chi connectivity index (χ0n) is 12.8. The summed E-state index contributed by atoms with van der Waals surface area (Å²) in [4.78, 5) is 0. The van der Waals surface area contributed by atoms with Crippen LogP contribution in [-0.2, 0) is 7.05 Å². The Morgan fingerprint density at radius 3 is 2.47 bits per heavy atom. The molecular weight excluding hydrogens is 236 g/mol. The summed E-state index contributed by atoms with van der Waals surface area (Å²) in [6.07, 6.45) is 6.73. The second-order valence-corrected chi connectivity index (χ2v) is 6.63. The molecule has 1 aromatic rings. The van der Waals surface area contributed by atoms with Gasteiger partial charge < -0.3 is 11.1 Å². The van der Waals surface area contributed by atoms with Gasteiger partial charge in [-0.3, -0.25) is 4.68 Å². The highest BCUT2D eigenvalue weighted by Crippen LogP contribution is 2.43. The van der Waals surface area contributed by atoms with E-state index in [0.29, 0.717) is 5.41 Å². The first kappa shape index (κ1) is 14.2. The standard InChI is InChI=1S/C15H28N4/c1-11(2)9-15(7-5-6-8-15)10-17-14-13(16)12(3)18-19(14)4/h11,17H,5-10,16H2,1-4H3. The lowest BCUT2D eigenvalue weighted by molar-refractivity contribution is 0.252. The van der Waals surface area contributed by atoms with Crippen molar-refractivity contribution < 1.29 is 0 Å². The van der Waals surface area contributed by atoms with Gasteiger partial charge in [-0.25, -0.2) is 0 Å². The van der Waals surface area contributed by atoms with E-state index in [9.17, 15) is 0 Å². The second-order valence-electron chi connectivity index (χ2n) is 6.63. The Hall–Kier alpha value is -1.19. The van der Waals surface area contributed by atoms with Crippen LogP contribution in [0.5, 0.6) is 0 Å². The largest absolute Gasteiger partial charge is 0.394 e. The summed E-state index contributed by atoms with van der Waals surface area (Å²) >= 11 is 0. The van der Waals surface area contributed by atoms with Gasteiger partial charge in [-0.05, 0) is 37.5 Å². The Morgan fingerprint density at radius 2 is 2.00 bits per heavy atom. The van der Waals surface area contributed by atoms with Gasteiger partial charge in [-0.1, -0.05) is 26.7 Å². The van der Waals surface area contributed by atoms with E-state index >= 15 is 0 Å².